The maximum absolute atomic E-state index is 14.0. The van der Waals surface area contributed by atoms with E-state index in [1.54, 1.807) is 18.2 Å². The fourth-order valence-electron chi connectivity index (χ4n) is 1.79. The minimum Gasteiger partial charge on any atom is -0.328 e. The largest absolute Gasteiger partial charge is 0.328 e. The van der Waals surface area contributed by atoms with E-state index in [0.717, 1.165) is 10.5 Å². The molecule has 0 aliphatic rings. The van der Waals surface area contributed by atoms with Gasteiger partial charge in [0.05, 0.1) is 10.0 Å². The van der Waals surface area contributed by atoms with Crippen LogP contribution in [0.5, 0.6) is 0 Å². The molecule has 2 N–H and O–H groups in total. The quantitative estimate of drug-likeness (QED) is 0.836. The van der Waals surface area contributed by atoms with Gasteiger partial charge in [-0.25, -0.2) is 4.39 Å². The lowest BCUT2D eigenvalue weighted by atomic mass is 10.1. The Bertz CT molecular complexity index is 617. The number of hydrogen-bond acceptors (Lipinski definition) is 2. The first-order chi connectivity index (χ1) is 9.45. The highest BCUT2D eigenvalue weighted by atomic mass is 35.5. The van der Waals surface area contributed by atoms with Crippen molar-refractivity contribution in [3.63, 3.8) is 0 Å². The van der Waals surface area contributed by atoms with Crippen molar-refractivity contribution >= 4 is 35.0 Å². The van der Waals surface area contributed by atoms with Crippen LogP contribution in [0.1, 0.15) is 12.5 Å². The Hall–Kier alpha value is -0.740. The summed E-state index contributed by atoms with van der Waals surface area (Å²) in [5, 5.41) is 0.953. The van der Waals surface area contributed by atoms with E-state index in [9.17, 15) is 4.39 Å². The lowest BCUT2D eigenvalue weighted by molar-refractivity contribution is 0.597. The van der Waals surface area contributed by atoms with Crippen LogP contribution in [0.25, 0.3) is 0 Å². The van der Waals surface area contributed by atoms with Crippen molar-refractivity contribution in [2.75, 3.05) is 0 Å². The molecule has 20 heavy (non-hydrogen) atoms. The molecule has 1 nitrogen and oxygen atoms in total. The van der Waals surface area contributed by atoms with Crippen molar-refractivity contribution in [1.82, 2.24) is 0 Å². The van der Waals surface area contributed by atoms with Gasteiger partial charge in [0.25, 0.3) is 0 Å². The van der Waals surface area contributed by atoms with Crippen LogP contribution in [-0.2, 0) is 6.42 Å². The molecule has 5 heteroatoms. The average Bonchev–Trinajstić information content (AvgIpc) is 2.36. The summed E-state index contributed by atoms with van der Waals surface area (Å²) in [5.41, 5.74) is 6.61. The predicted octanol–water partition coefficient (Wildman–Crippen LogP) is 5.17. The van der Waals surface area contributed by atoms with Crippen molar-refractivity contribution in [2.24, 2.45) is 5.73 Å². The van der Waals surface area contributed by atoms with Crippen LogP contribution in [0.15, 0.2) is 46.2 Å². The Morgan fingerprint density at radius 2 is 1.90 bits per heavy atom. The van der Waals surface area contributed by atoms with Gasteiger partial charge < -0.3 is 5.73 Å². The van der Waals surface area contributed by atoms with Crippen LogP contribution < -0.4 is 5.73 Å². The van der Waals surface area contributed by atoms with Crippen molar-refractivity contribution < 1.29 is 4.39 Å². The Labute approximate surface area is 132 Å². The van der Waals surface area contributed by atoms with Crippen LogP contribution in [0.2, 0.25) is 10.0 Å². The zero-order valence-electron chi connectivity index (χ0n) is 10.9. The second-order valence-corrected chi connectivity index (χ2v) is 6.55. The molecule has 2 aromatic carbocycles. The second kappa shape index (κ2) is 6.81. The number of nitrogens with two attached hydrogens (primary N) is 1. The van der Waals surface area contributed by atoms with Gasteiger partial charge in [0.2, 0.25) is 0 Å². The summed E-state index contributed by atoms with van der Waals surface area (Å²) in [7, 11) is 0. The molecule has 0 amide bonds. The third-order valence-electron chi connectivity index (χ3n) is 2.67. The van der Waals surface area contributed by atoms with Crippen molar-refractivity contribution in [2.45, 2.75) is 29.2 Å². The molecule has 0 saturated heterocycles. The molecule has 1 atom stereocenters. The molecule has 0 aliphatic carbocycles. The highest BCUT2D eigenvalue weighted by Crippen LogP contribution is 2.34. The first-order valence-corrected chi connectivity index (χ1v) is 7.70. The lowest BCUT2D eigenvalue weighted by Crippen LogP contribution is -2.17. The minimum absolute atomic E-state index is 0.0166. The van der Waals surface area contributed by atoms with Gasteiger partial charge in [-0.2, -0.15) is 0 Å². The minimum atomic E-state index is -0.251. The maximum Gasteiger partial charge on any atom is 0.137 e. The van der Waals surface area contributed by atoms with E-state index in [1.165, 1.54) is 17.8 Å². The highest BCUT2D eigenvalue weighted by Gasteiger charge is 2.08. The standard InChI is InChI=1S/C15H14Cl2FNS/c1-9(19)6-10-2-5-15(14(18)7-10)20-11-3-4-12(16)13(17)8-11/h2-5,7-9H,6,19H2,1H3. The summed E-state index contributed by atoms with van der Waals surface area (Å²) in [6.07, 6.45) is 0.661. The monoisotopic (exact) mass is 329 g/mol. The van der Waals surface area contributed by atoms with Crippen LogP contribution >= 0.6 is 35.0 Å². The summed E-state index contributed by atoms with van der Waals surface area (Å²) >= 11 is 13.1. The summed E-state index contributed by atoms with van der Waals surface area (Å²) in [6, 6.07) is 10.4. The molecular formula is C15H14Cl2FNS. The van der Waals surface area contributed by atoms with Gasteiger partial charge in [0.1, 0.15) is 5.82 Å². The highest BCUT2D eigenvalue weighted by molar-refractivity contribution is 7.99. The second-order valence-electron chi connectivity index (χ2n) is 4.62. The molecule has 2 rings (SSSR count). The lowest BCUT2D eigenvalue weighted by Gasteiger charge is -2.08. The van der Waals surface area contributed by atoms with E-state index in [0.29, 0.717) is 21.4 Å². The number of hydrogen-bond donors (Lipinski definition) is 1. The summed E-state index contributed by atoms with van der Waals surface area (Å²) in [6.45, 7) is 1.90. The van der Waals surface area contributed by atoms with Crippen molar-refractivity contribution in [3.05, 3.63) is 57.8 Å². The molecule has 0 saturated carbocycles. The van der Waals surface area contributed by atoms with E-state index in [4.69, 9.17) is 28.9 Å². The molecule has 0 bridgehead atoms. The Kier molecular flexibility index (Phi) is 5.33. The van der Waals surface area contributed by atoms with Gasteiger partial charge in [0.15, 0.2) is 0 Å². The molecular weight excluding hydrogens is 316 g/mol. The molecule has 0 heterocycles. The fourth-order valence-corrected chi connectivity index (χ4v) is 3.02. The van der Waals surface area contributed by atoms with Crippen LogP contribution in [-0.4, -0.2) is 6.04 Å². The number of halogens is 3. The zero-order chi connectivity index (χ0) is 14.7. The van der Waals surface area contributed by atoms with E-state index >= 15 is 0 Å². The zero-order valence-corrected chi connectivity index (χ0v) is 13.2. The van der Waals surface area contributed by atoms with Gasteiger partial charge in [-0.1, -0.05) is 41.0 Å². The molecule has 106 valence electrons. The van der Waals surface area contributed by atoms with Gasteiger partial charge in [-0.3, -0.25) is 0 Å². The van der Waals surface area contributed by atoms with Gasteiger partial charge in [-0.15, -0.1) is 0 Å². The van der Waals surface area contributed by atoms with Crippen molar-refractivity contribution in [3.8, 4) is 0 Å². The van der Waals surface area contributed by atoms with Crippen molar-refractivity contribution in [1.29, 1.82) is 0 Å². The van der Waals surface area contributed by atoms with E-state index in [1.807, 2.05) is 19.1 Å². The van der Waals surface area contributed by atoms with Crippen LogP contribution in [0, 0.1) is 5.82 Å². The Morgan fingerprint density at radius 3 is 2.50 bits per heavy atom. The van der Waals surface area contributed by atoms with Crippen LogP contribution in [0.4, 0.5) is 4.39 Å². The first kappa shape index (κ1) is 15.6. The summed E-state index contributed by atoms with van der Waals surface area (Å²) in [5.74, 6) is -0.251. The third kappa shape index (κ3) is 4.13. The number of benzene rings is 2. The smallest absolute Gasteiger partial charge is 0.137 e. The summed E-state index contributed by atoms with van der Waals surface area (Å²) < 4.78 is 14.0. The molecule has 0 aliphatic heterocycles. The molecule has 0 aromatic heterocycles. The number of rotatable bonds is 4. The normalized spacial score (nSPS) is 12.4. The van der Waals surface area contributed by atoms with Gasteiger partial charge >= 0.3 is 0 Å². The molecule has 1 unspecified atom stereocenters. The Balaban J connectivity index is 2.19. The SMILES string of the molecule is CC(N)Cc1ccc(Sc2ccc(Cl)c(Cl)c2)c(F)c1. The predicted molar refractivity (Wildman–Crippen MR) is 84.3 cm³/mol. The first-order valence-electron chi connectivity index (χ1n) is 6.12. The third-order valence-corrected chi connectivity index (χ3v) is 4.45. The fraction of sp³-hybridized carbons (Fsp3) is 0.200. The molecule has 2 aromatic rings. The molecule has 0 fully saturated rings. The topological polar surface area (TPSA) is 26.0 Å². The molecule has 0 radical (unpaired) electrons. The van der Waals surface area contributed by atoms with E-state index < -0.39 is 0 Å². The average molecular weight is 330 g/mol. The van der Waals surface area contributed by atoms with E-state index in [-0.39, 0.29) is 11.9 Å². The van der Waals surface area contributed by atoms with Crippen LogP contribution in [0.3, 0.4) is 0 Å². The summed E-state index contributed by atoms with van der Waals surface area (Å²) in [4.78, 5) is 1.40. The van der Waals surface area contributed by atoms with Gasteiger partial charge in [0, 0.05) is 15.8 Å². The van der Waals surface area contributed by atoms with E-state index in [2.05, 4.69) is 0 Å². The Morgan fingerprint density at radius 1 is 1.15 bits per heavy atom. The maximum atomic E-state index is 14.0. The molecule has 0 spiro atoms. The van der Waals surface area contributed by atoms with Gasteiger partial charge in [-0.05, 0) is 49.2 Å².